The molecule has 0 radical (unpaired) electrons. The Bertz CT molecular complexity index is 491. The summed E-state index contributed by atoms with van der Waals surface area (Å²) in [6.07, 6.45) is 2.31. The van der Waals surface area contributed by atoms with Gasteiger partial charge >= 0.3 is 6.61 Å². The fourth-order valence-corrected chi connectivity index (χ4v) is 3.15. The van der Waals surface area contributed by atoms with Crippen molar-refractivity contribution in [1.82, 2.24) is 4.90 Å². The van der Waals surface area contributed by atoms with Crippen LogP contribution >= 0.6 is 12.4 Å². The molecule has 1 saturated heterocycles. The highest BCUT2D eigenvalue weighted by molar-refractivity contribution is 5.85. The Labute approximate surface area is 142 Å². The molecular formula is C16H25ClF2N2O2. The van der Waals surface area contributed by atoms with Gasteiger partial charge in [0.25, 0.3) is 0 Å². The Balaban J connectivity index is 0.00000264. The van der Waals surface area contributed by atoms with Crippen molar-refractivity contribution < 1.29 is 18.3 Å². The highest BCUT2D eigenvalue weighted by Gasteiger charge is 2.27. The van der Waals surface area contributed by atoms with E-state index in [9.17, 15) is 8.78 Å². The van der Waals surface area contributed by atoms with Gasteiger partial charge < -0.3 is 15.2 Å². The van der Waals surface area contributed by atoms with E-state index in [1.807, 2.05) is 6.07 Å². The van der Waals surface area contributed by atoms with E-state index in [0.717, 1.165) is 18.5 Å². The van der Waals surface area contributed by atoms with Crippen molar-refractivity contribution in [1.29, 1.82) is 0 Å². The molecule has 132 valence electrons. The lowest BCUT2D eigenvalue weighted by Crippen LogP contribution is -2.47. The maximum Gasteiger partial charge on any atom is 0.387 e. The van der Waals surface area contributed by atoms with Gasteiger partial charge in [0.1, 0.15) is 0 Å². The summed E-state index contributed by atoms with van der Waals surface area (Å²) in [5.41, 5.74) is 6.81. The molecule has 0 aliphatic carbocycles. The van der Waals surface area contributed by atoms with E-state index in [-0.39, 0.29) is 18.2 Å². The normalized spacial score (nSPS) is 21.8. The number of methoxy groups -OCH3 is 1. The van der Waals surface area contributed by atoms with Crippen LogP contribution < -0.4 is 15.2 Å². The van der Waals surface area contributed by atoms with Crippen molar-refractivity contribution in [2.75, 3.05) is 20.2 Å². The third-order valence-electron chi connectivity index (χ3n) is 4.30. The van der Waals surface area contributed by atoms with Crippen LogP contribution in [0.4, 0.5) is 8.78 Å². The standard InChI is InChI=1S/C16H24F2N2O2.ClH/c1-11-4-3-7-20(13(11)9-19)10-12-5-6-14(21-2)15(8-12)22-16(17)18;/h5-6,8,11,13,16H,3-4,7,9-10,19H2,1-2H3;1H. The van der Waals surface area contributed by atoms with Gasteiger partial charge in [0.05, 0.1) is 7.11 Å². The zero-order chi connectivity index (χ0) is 16.1. The lowest BCUT2D eigenvalue weighted by atomic mass is 9.90. The highest BCUT2D eigenvalue weighted by atomic mass is 35.5. The van der Waals surface area contributed by atoms with Gasteiger partial charge in [0.2, 0.25) is 0 Å². The Kier molecular flexibility index (Phi) is 8.02. The zero-order valence-corrected chi connectivity index (χ0v) is 14.3. The lowest BCUT2D eigenvalue weighted by molar-refractivity contribution is -0.0512. The summed E-state index contributed by atoms with van der Waals surface area (Å²) >= 11 is 0. The Hall–Kier alpha value is -1.11. The van der Waals surface area contributed by atoms with Gasteiger partial charge in [-0.15, -0.1) is 12.4 Å². The average Bonchev–Trinajstić information content (AvgIpc) is 2.47. The first-order chi connectivity index (χ1) is 10.5. The van der Waals surface area contributed by atoms with Gasteiger partial charge in [-0.2, -0.15) is 8.78 Å². The summed E-state index contributed by atoms with van der Waals surface area (Å²) < 4.78 is 34.6. The molecule has 23 heavy (non-hydrogen) atoms. The van der Waals surface area contributed by atoms with Crippen molar-refractivity contribution >= 4 is 12.4 Å². The fraction of sp³-hybridized carbons (Fsp3) is 0.625. The second-order valence-corrected chi connectivity index (χ2v) is 5.76. The number of alkyl halides is 2. The molecule has 0 aromatic heterocycles. The van der Waals surface area contributed by atoms with Crippen LogP contribution in [0.25, 0.3) is 0 Å². The van der Waals surface area contributed by atoms with Gasteiger partial charge in [0, 0.05) is 19.1 Å². The summed E-state index contributed by atoms with van der Waals surface area (Å²) in [6, 6.07) is 5.50. The van der Waals surface area contributed by atoms with Gasteiger partial charge in [-0.25, -0.2) is 0 Å². The molecule has 1 aromatic carbocycles. The molecule has 1 aromatic rings. The first-order valence-corrected chi connectivity index (χ1v) is 7.61. The molecule has 0 spiro atoms. The molecule has 0 saturated carbocycles. The molecule has 7 heteroatoms. The third kappa shape index (κ3) is 5.19. The van der Waals surface area contributed by atoms with Gasteiger partial charge in [-0.1, -0.05) is 13.0 Å². The summed E-state index contributed by atoms with van der Waals surface area (Å²) in [6.45, 7) is 1.61. The number of ether oxygens (including phenoxy) is 2. The Morgan fingerprint density at radius 3 is 2.70 bits per heavy atom. The quantitative estimate of drug-likeness (QED) is 0.855. The number of hydrogen-bond donors (Lipinski definition) is 1. The first-order valence-electron chi connectivity index (χ1n) is 7.61. The summed E-state index contributed by atoms with van der Waals surface area (Å²) in [5.74, 6) is 0.935. The minimum atomic E-state index is -2.86. The van der Waals surface area contributed by atoms with Crippen LogP contribution in [0.1, 0.15) is 25.3 Å². The van der Waals surface area contributed by atoms with Gasteiger partial charge in [-0.3, -0.25) is 4.90 Å². The van der Waals surface area contributed by atoms with Crippen molar-refractivity contribution in [2.45, 2.75) is 39.0 Å². The number of rotatable bonds is 6. The Morgan fingerprint density at radius 2 is 2.09 bits per heavy atom. The molecule has 1 aliphatic heterocycles. The van der Waals surface area contributed by atoms with E-state index < -0.39 is 6.61 Å². The van der Waals surface area contributed by atoms with E-state index in [2.05, 4.69) is 16.6 Å². The molecule has 2 N–H and O–H groups in total. The van der Waals surface area contributed by atoms with Crippen LogP contribution in [0, 0.1) is 5.92 Å². The predicted octanol–water partition coefficient (Wildman–Crippen LogP) is 3.28. The minimum absolute atomic E-state index is 0. The van der Waals surface area contributed by atoms with Crippen molar-refractivity contribution in [3.63, 3.8) is 0 Å². The van der Waals surface area contributed by atoms with Crippen LogP contribution in [0.3, 0.4) is 0 Å². The summed E-state index contributed by atoms with van der Waals surface area (Å²) in [7, 11) is 1.43. The molecule has 0 bridgehead atoms. The first kappa shape index (κ1) is 19.9. The minimum Gasteiger partial charge on any atom is -0.493 e. The molecule has 2 unspecified atom stereocenters. The second kappa shape index (κ2) is 9.25. The molecule has 4 nitrogen and oxygen atoms in total. The highest BCUT2D eigenvalue weighted by Crippen LogP contribution is 2.31. The number of hydrogen-bond acceptors (Lipinski definition) is 4. The topological polar surface area (TPSA) is 47.7 Å². The van der Waals surface area contributed by atoms with Crippen LogP contribution in [-0.4, -0.2) is 37.8 Å². The third-order valence-corrected chi connectivity index (χ3v) is 4.30. The SMILES string of the molecule is COc1ccc(CN2CCCC(C)C2CN)cc1OC(F)F.Cl. The zero-order valence-electron chi connectivity index (χ0n) is 13.5. The largest absolute Gasteiger partial charge is 0.493 e. The van der Waals surface area contributed by atoms with Crippen LogP contribution in [0.5, 0.6) is 11.5 Å². The number of piperidine rings is 1. The molecule has 1 heterocycles. The Morgan fingerprint density at radius 1 is 1.35 bits per heavy atom. The number of halogens is 3. The number of nitrogens with two attached hydrogens (primary N) is 1. The van der Waals surface area contributed by atoms with Gasteiger partial charge in [0.15, 0.2) is 11.5 Å². The maximum atomic E-state index is 12.5. The average molecular weight is 351 g/mol. The van der Waals surface area contributed by atoms with E-state index >= 15 is 0 Å². The van der Waals surface area contributed by atoms with Crippen LogP contribution in [0.2, 0.25) is 0 Å². The van der Waals surface area contributed by atoms with E-state index in [1.165, 1.54) is 13.5 Å². The summed E-state index contributed by atoms with van der Waals surface area (Å²) in [5, 5.41) is 0. The van der Waals surface area contributed by atoms with Crippen molar-refractivity contribution in [3.05, 3.63) is 23.8 Å². The molecule has 2 atom stereocenters. The lowest BCUT2D eigenvalue weighted by Gasteiger charge is -2.39. The van der Waals surface area contributed by atoms with Crippen molar-refractivity contribution in [3.8, 4) is 11.5 Å². The van der Waals surface area contributed by atoms with Crippen molar-refractivity contribution in [2.24, 2.45) is 11.7 Å². The van der Waals surface area contributed by atoms with E-state index in [0.29, 0.717) is 30.8 Å². The summed E-state index contributed by atoms with van der Waals surface area (Å²) in [4.78, 5) is 2.32. The fourth-order valence-electron chi connectivity index (χ4n) is 3.15. The monoisotopic (exact) mass is 350 g/mol. The van der Waals surface area contributed by atoms with Crippen LogP contribution in [0.15, 0.2) is 18.2 Å². The number of likely N-dealkylation sites (tertiary alicyclic amines) is 1. The maximum absolute atomic E-state index is 12.5. The number of benzene rings is 1. The van der Waals surface area contributed by atoms with Gasteiger partial charge in [-0.05, 0) is 43.0 Å². The molecule has 0 amide bonds. The van der Waals surface area contributed by atoms with E-state index in [1.54, 1.807) is 12.1 Å². The predicted molar refractivity (Wildman–Crippen MR) is 88.5 cm³/mol. The van der Waals surface area contributed by atoms with Crippen LogP contribution in [-0.2, 0) is 6.54 Å². The molecule has 1 fully saturated rings. The second-order valence-electron chi connectivity index (χ2n) is 5.76. The smallest absolute Gasteiger partial charge is 0.387 e. The molecular weight excluding hydrogens is 326 g/mol. The molecule has 2 rings (SSSR count). The number of nitrogens with zero attached hydrogens (tertiary/aromatic N) is 1. The van der Waals surface area contributed by atoms with E-state index in [4.69, 9.17) is 10.5 Å². The molecule has 1 aliphatic rings.